The number of aliphatic hydroxyl groups is 1. The smallest absolute Gasteiger partial charge is 0.178 e. The van der Waals surface area contributed by atoms with Crippen molar-refractivity contribution in [3.63, 3.8) is 0 Å². The van der Waals surface area contributed by atoms with Crippen LogP contribution in [0.3, 0.4) is 0 Å². The first-order chi connectivity index (χ1) is 11.7. The van der Waals surface area contributed by atoms with Gasteiger partial charge in [0.2, 0.25) is 0 Å². The van der Waals surface area contributed by atoms with Crippen molar-refractivity contribution in [1.29, 1.82) is 0 Å². The molecule has 0 spiro atoms. The van der Waals surface area contributed by atoms with Crippen LogP contribution in [0.5, 0.6) is 11.5 Å². The van der Waals surface area contributed by atoms with Gasteiger partial charge in [-0.2, -0.15) is 0 Å². The van der Waals surface area contributed by atoms with Gasteiger partial charge in [-0.1, -0.05) is 54.6 Å². The molecule has 24 heavy (non-hydrogen) atoms. The Labute approximate surface area is 139 Å². The van der Waals surface area contributed by atoms with Gasteiger partial charge in [-0.3, -0.25) is 0 Å². The van der Waals surface area contributed by atoms with Crippen LogP contribution in [0.1, 0.15) is 11.1 Å². The van der Waals surface area contributed by atoms with Crippen molar-refractivity contribution in [2.75, 3.05) is 0 Å². The molecule has 0 aliphatic carbocycles. The maximum absolute atomic E-state index is 11.4. The summed E-state index contributed by atoms with van der Waals surface area (Å²) in [6.07, 6.45) is 0. The van der Waals surface area contributed by atoms with E-state index in [1.807, 2.05) is 78.9 Å². The van der Waals surface area contributed by atoms with Gasteiger partial charge in [0.15, 0.2) is 5.60 Å². The number of fused-ring (bicyclic) bond motifs is 1. The first-order valence-corrected chi connectivity index (χ1v) is 7.68. The van der Waals surface area contributed by atoms with Crippen LogP contribution in [0.4, 0.5) is 5.69 Å². The summed E-state index contributed by atoms with van der Waals surface area (Å²) in [4.78, 5) is 4.32. The number of para-hydroxylation sites is 3. The van der Waals surface area contributed by atoms with Crippen molar-refractivity contribution in [3.05, 3.63) is 90.0 Å². The van der Waals surface area contributed by atoms with E-state index in [2.05, 4.69) is 4.99 Å². The van der Waals surface area contributed by atoms with E-state index >= 15 is 0 Å². The molecule has 0 saturated heterocycles. The topological polar surface area (TPSA) is 67.8 Å². The molecule has 1 unspecified atom stereocenters. The highest BCUT2D eigenvalue weighted by Gasteiger charge is 2.44. The highest BCUT2D eigenvalue weighted by atomic mass is 16.5. The molecule has 1 heterocycles. The van der Waals surface area contributed by atoms with E-state index in [4.69, 9.17) is 10.5 Å². The highest BCUT2D eigenvalue weighted by molar-refractivity contribution is 6.01. The van der Waals surface area contributed by atoms with E-state index < -0.39 is 5.60 Å². The van der Waals surface area contributed by atoms with Crippen LogP contribution < -0.4 is 10.5 Å². The Hall–Kier alpha value is -3.11. The van der Waals surface area contributed by atoms with Gasteiger partial charge in [-0.25, -0.2) is 4.99 Å². The normalized spacial score (nSPS) is 18.8. The summed E-state index contributed by atoms with van der Waals surface area (Å²) in [6, 6.07) is 24.2. The van der Waals surface area contributed by atoms with Crippen molar-refractivity contribution in [2.24, 2.45) is 10.7 Å². The van der Waals surface area contributed by atoms with E-state index in [0.717, 1.165) is 0 Å². The third-order valence-corrected chi connectivity index (χ3v) is 4.15. The molecule has 0 saturated carbocycles. The fourth-order valence-electron chi connectivity index (χ4n) is 2.98. The van der Waals surface area contributed by atoms with Gasteiger partial charge >= 0.3 is 0 Å². The molecule has 3 N–H and O–H groups in total. The first-order valence-electron chi connectivity index (χ1n) is 7.68. The van der Waals surface area contributed by atoms with Crippen molar-refractivity contribution in [3.8, 4) is 11.5 Å². The van der Waals surface area contributed by atoms with Gasteiger partial charge in [0.05, 0.1) is 5.69 Å². The van der Waals surface area contributed by atoms with Crippen LogP contribution in [-0.4, -0.2) is 10.9 Å². The second-order valence-electron chi connectivity index (χ2n) is 5.64. The molecular weight excluding hydrogens is 300 g/mol. The molecule has 118 valence electrons. The molecule has 1 atom stereocenters. The SMILES string of the molecule is NC1=Nc2ccccc2C1(O)c1ccccc1Oc1ccccc1. The molecule has 1 aliphatic rings. The molecule has 4 rings (SSSR count). The Morgan fingerprint density at radius 2 is 1.42 bits per heavy atom. The summed E-state index contributed by atoms with van der Waals surface area (Å²) in [5.74, 6) is 1.38. The van der Waals surface area contributed by atoms with E-state index in [-0.39, 0.29) is 5.84 Å². The van der Waals surface area contributed by atoms with E-state index in [0.29, 0.717) is 28.3 Å². The van der Waals surface area contributed by atoms with Crippen molar-refractivity contribution < 1.29 is 9.84 Å². The molecular formula is C20H16N2O2. The lowest BCUT2D eigenvalue weighted by molar-refractivity contribution is 0.155. The molecule has 0 aromatic heterocycles. The minimum atomic E-state index is -1.50. The predicted octanol–water partition coefficient (Wildman–Crippen LogP) is 3.72. The Kier molecular flexibility index (Phi) is 3.32. The van der Waals surface area contributed by atoms with Crippen LogP contribution in [0.2, 0.25) is 0 Å². The second-order valence-corrected chi connectivity index (χ2v) is 5.64. The number of nitrogens with two attached hydrogens (primary N) is 1. The highest BCUT2D eigenvalue weighted by Crippen LogP contribution is 2.45. The number of nitrogens with zero attached hydrogens (tertiary/aromatic N) is 1. The second kappa shape index (κ2) is 5.51. The van der Waals surface area contributed by atoms with Gasteiger partial charge in [-0.15, -0.1) is 0 Å². The van der Waals surface area contributed by atoms with E-state index in [1.54, 1.807) is 0 Å². The number of amidine groups is 1. The maximum Gasteiger partial charge on any atom is 0.178 e. The monoisotopic (exact) mass is 316 g/mol. The molecule has 3 aromatic rings. The summed E-state index contributed by atoms with van der Waals surface area (Å²) in [5.41, 5.74) is 6.51. The molecule has 0 fully saturated rings. The van der Waals surface area contributed by atoms with E-state index in [1.165, 1.54) is 0 Å². The molecule has 0 bridgehead atoms. The summed E-state index contributed by atoms with van der Waals surface area (Å²) in [5, 5.41) is 11.4. The van der Waals surface area contributed by atoms with Gasteiger partial charge in [0.25, 0.3) is 0 Å². The lowest BCUT2D eigenvalue weighted by atomic mass is 9.86. The summed E-state index contributed by atoms with van der Waals surface area (Å²) in [7, 11) is 0. The zero-order chi connectivity index (χ0) is 16.6. The fraction of sp³-hybridized carbons (Fsp3) is 0.0500. The van der Waals surface area contributed by atoms with Gasteiger partial charge < -0.3 is 15.6 Å². The lowest BCUT2D eigenvalue weighted by Crippen LogP contribution is -2.39. The zero-order valence-electron chi connectivity index (χ0n) is 12.9. The molecule has 3 aromatic carbocycles. The summed E-state index contributed by atoms with van der Waals surface area (Å²) in [6.45, 7) is 0. The van der Waals surface area contributed by atoms with Crippen LogP contribution in [-0.2, 0) is 5.60 Å². The third kappa shape index (κ3) is 2.16. The number of ether oxygens (including phenoxy) is 1. The fourth-order valence-corrected chi connectivity index (χ4v) is 2.98. The van der Waals surface area contributed by atoms with Crippen LogP contribution >= 0.6 is 0 Å². The van der Waals surface area contributed by atoms with Crippen molar-refractivity contribution in [1.82, 2.24) is 0 Å². The minimum Gasteiger partial charge on any atom is -0.457 e. The zero-order valence-corrected chi connectivity index (χ0v) is 12.9. The Morgan fingerprint density at radius 3 is 2.21 bits per heavy atom. The molecule has 1 aliphatic heterocycles. The average molecular weight is 316 g/mol. The number of hydrogen-bond acceptors (Lipinski definition) is 4. The van der Waals surface area contributed by atoms with Crippen LogP contribution in [0.25, 0.3) is 0 Å². The number of rotatable bonds is 3. The summed E-state index contributed by atoms with van der Waals surface area (Å²) < 4.78 is 5.98. The quantitative estimate of drug-likeness (QED) is 0.774. The number of benzene rings is 3. The van der Waals surface area contributed by atoms with E-state index in [9.17, 15) is 5.11 Å². The Bertz CT molecular complexity index is 922. The lowest BCUT2D eigenvalue weighted by Gasteiger charge is -2.26. The summed E-state index contributed by atoms with van der Waals surface area (Å²) >= 11 is 0. The Morgan fingerprint density at radius 1 is 0.792 bits per heavy atom. The molecule has 4 nitrogen and oxygen atoms in total. The Balaban J connectivity index is 1.85. The molecule has 0 amide bonds. The number of aliphatic imine (C=N–C) groups is 1. The van der Waals surface area contributed by atoms with Gasteiger partial charge in [0.1, 0.15) is 17.3 Å². The molecule has 0 radical (unpaired) electrons. The third-order valence-electron chi connectivity index (χ3n) is 4.15. The first kappa shape index (κ1) is 14.5. The predicted molar refractivity (Wildman–Crippen MR) is 93.7 cm³/mol. The minimum absolute atomic E-state index is 0.146. The largest absolute Gasteiger partial charge is 0.457 e. The van der Waals surface area contributed by atoms with Crippen molar-refractivity contribution in [2.45, 2.75) is 5.60 Å². The van der Waals surface area contributed by atoms with Gasteiger partial charge in [0, 0.05) is 11.1 Å². The molecule has 4 heteroatoms. The van der Waals surface area contributed by atoms with Crippen molar-refractivity contribution >= 4 is 11.5 Å². The number of hydrogen-bond donors (Lipinski definition) is 2. The standard InChI is InChI=1S/C20H16N2O2/c21-19-20(23,15-10-4-6-12-17(15)22-19)16-11-5-7-13-18(16)24-14-8-2-1-3-9-14/h1-13,23H,(H2,21,22). The average Bonchev–Trinajstić information content (AvgIpc) is 2.88. The maximum atomic E-state index is 11.4. The van der Waals surface area contributed by atoms with Crippen LogP contribution in [0.15, 0.2) is 83.9 Å². The van der Waals surface area contributed by atoms with Gasteiger partial charge in [-0.05, 0) is 24.3 Å². The van der Waals surface area contributed by atoms with Crippen LogP contribution in [0, 0.1) is 0 Å².